The van der Waals surface area contributed by atoms with Gasteiger partial charge in [0.05, 0.1) is 31.9 Å². The van der Waals surface area contributed by atoms with Crippen molar-refractivity contribution in [2.24, 2.45) is 0 Å². The Morgan fingerprint density at radius 3 is 1.50 bits per heavy atom. The Labute approximate surface area is 247 Å². The Morgan fingerprint density at radius 2 is 1.07 bits per heavy atom. The molecule has 2 saturated heterocycles. The molecule has 0 spiro atoms. The summed E-state index contributed by atoms with van der Waals surface area (Å²) in [4.78, 5) is 39.0. The van der Waals surface area contributed by atoms with E-state index in [4.69, 9.17) is 9.97 Å². The molecule has 6 nitrogen and oxygen atoms in total. The minimum absolute atomic E-state index is 0.0636. The molecule has 2 atom stereocenters. The van der Waals surface area contributed by atoms with Gasteiger partial charge in [0, 0.05) is 0 Å². The zero-order valence-electron chi connectivity index (χ0n) is 21.0. The van der Waals surface area contributed by atoms with Crippen LogP contribution in [-0.2, 0) is 9.59 Å². The second-order valence-electron chi connectivity index (χ2n) is 9.25. The average molecular weight is 599 g/mol. The minimum Gasteiger partial charge on any atom is -0.273 e. The Bertz CT molecular complexity index is 1600. The molecule has 3 aromatic carbocycles. The van der Waals surface area contributed by atoms with Crippen LogP contribution in [0.4, 0.5) is 10.3 Å². The fraction of sp³-hybridized carbons (Fsp3) is 0.133. The van der Waals surface area contributed by atoms with E-state index in [0.29, 0.717) is 21.8 Å². The summed E-state index contributed by atoms with van der Waals surface area (Å²) in [6.07, 6.45) is 8.24. The standard InChI is InChI=1S/C30H22N4O2S4/c35-25-17-37-27(13-11-19-7-3-1-4-8-19)33(25)29-31-21-15-24-22(16-23(21)39-29)32-30(40-24)34-26(36)18-38-28(34)14-12-20-9-5-2-6-10-20/h1-16,27-28H,17-18H2. The zero-order valence-corrected chi connectivity index (χ0v) is 24.3. The van der Waals surface area contributed by atoms with Crippen LogP contribution in [0.15, 0.2) is 84.9 Å². The van der Waals surface area contributed by atoms with Crippen molar-refractivity contribution in [2.75, 3.05) is 21.3 Å². The molecule has 2 amide bonds. The first-order chi connectivity index (χ1) is 19.6. The van der Waals surface area contributed by atoms with Crippen LogP contribution in [0.5, 0.6) is 0 Å². The summed E-state index contributed by atoms with van der Waals surface area (Å²) >= 11 is 6.22. The summed E-state index contributed by atoms with van der Waals surface area (Å²) in [6.45, 7) is 0. The van der Waals surface area contributed by atoms with Gasteiger partial charge >= 0.3 is 0 Å². The van der Waals surface area contributed by atoms with Gasteiger partial charge in [-0.05, 0) is 23.3 Å². The number of amides is 2. The maximum atomic E-state index is 12.8. The zero-order chi connectivity index (χ0) is 27.1. The van der Waals surface area contributed by atoms with Crippen molar-refractivity contribution < 1.29 is 9.59 Å². The molecule has 0 bridgehead atoms. The molecule has 2 fully saturated rings. The van der Waals surface area contributed by atoms with Gasteiger partial charge in [-0.1, -0.05) is 108 Å². The number of hydrogen-bond donors (Lipinski definition) is 0. The van der Waals surface area contributed by atoms with Crippen LogP contribution in [0.1, 0.15) is 11.1 Å². The number of carbonyl (C=O) groups is 2. The van der Waals surface area contributed by atoms with Gasteiger partial charge in [-0.3, -0.25) is 19.4 Å². The lowest BCUT2D eigenvalue weighted by molar-refractivity contribution is -0.116. The van der Waals surface area contributed by atoms with Crippen molar-refractivity contribution in [3.8, 4) is 0 Å². The predicted octanol–water partition coefficient (Wildman–Crippen LogP) is 7.14. The molecule has 40 heavy (non-hydrogen) atoms. The molecule has 0 saturated carbocycles. The van der Waals surface area contributed by atoms with Crippen molar-refractivity contribution in [3.63, 3.8) is 0 Å². The van der Waals surface area contributed by atoms with E-state index < -0.39 is 0 Å². The third-order valence-corrected chi connectivity index (χ3v) is 10.9. The highest BCUT2D eigenvalue weighted by Gasteiger charge is 2.35. The van der Waals surface area contributed by atoms with Crippen molar-refractivity contribution in [1.29, 1.82) is 0 Å². The van der Waals surface area contributed by atoms with Crippen molar-refractivity contribution in [3.05, 3.63) is 96.1 Å². The van der Waals surface area contributed by atoms with Crippen LogP contribution in [0.25, 0.3) is 32.6 Å². The summed E-state index contributed by atoms with van der Waals surface area (Å²) in [5.41, 5.74) is 3.87. The van der Waals surface area contributed by atoms with Crippen LogP contribution >= 0.6 is 46.2 Å². The molecule has 4 heterocycles. The first-order valence-corrected chi connectivity index (χ1v) is 16.4. The summed E-state index contributed by atoms with van der Waals surface area (Å²) < 4.78 is 1.94. The number of anilines is 2. The van der Waals surface area contributed by atoms with Crippen molar-refractivity contribution in [2.45, 2.75) is 10.7 Å². The molecule has 5 aromatic rings. The minimum atomic E-state index is -0.0985. The molecule has 2 aliphatic heterocycles. The highest BCUT2D eigenvalue weighted by Crippen LogP contribution is 2.41. The van der Waals surface area contributed by atoms with Gasteiger partial charge in [-0.2, -0.15) is 0 Å². The first-order valence-electron chi connectivity index (χ1n) is 12.7. The summed E-state index contributed by atoms with van der Waals surface area (Å²) in [6, 6.07) is 24.2. The van der Waals surface area contributed by atoms with E-state index in [-0.39, 0.29) is 22.6 Å². The maximum absolute atomic E-state index is 12.8. The Hall–Kier alpha value is -3.44. The normalized spacial score (nSPS) is 19.9. The molecule has 2 aliphatic rings. The van der Waals surface area contributed by atoms with E-state index in [0.717, 1.165) is 31.6 Å². The van der Waals surface area contributed by atoms with Crippen LogP contribution < -0.4 is 9.80 Å². The van der Waals surface area contributed by atoms with Crippen LogP contribution in [-0.4, -0.2) is 44.0 Å². The number of fused-ring (bicyclic) bond motifs is 2. The monoisotopic (exact) mass is 598 g/mol. The van der Waals surface area contributed by atoms with Gasteiger partial charge in [-0.25, -0.2) is 9.97 Å². The van der Waals surface area contributed by atoms with Crippen molar-refractivity contribution >= 4 is 101 Å². The highest BCUT2D eigenvalue weighted by molar-refractivity contribution is 8.01. The maximum Gasteiger partial charge on any atom is 0.240 e. The molecule has 7 rings (SSSR count). The van der Waals surface area contributed by atoms with E-state index in [1.165, 1.54) is 22.7 Å². The lowest BCUT2D eigenvalue weighted by Crippen LogP contribution is -2.31. The Kier molecular flexibility index (Phi) is 6.92. The first kappa shape index (κ1) is 25.5. The van der Waals surface area contributed by atoms with Gasteiger partial charge in [0.2, 0.25) is 11.8 Å². The number of carbonyl (C=O) groups excluding carboxylic acids is 2. The third kappa shape index (κ3) is 4.96. The SMILES string of the molecule is O=C1CSC(C=Cc2ccccc2)N1c1nc2cc3sc(N4C(=O)CSC4C=Cc4ccccc4)nc3cc2s1. The van der Waals surface area contributed by atoms with Gasteiger partial charge in [0.15, 0.2) is 10.3 Å². The Balaban J connectivity index is 1.16. The second-order valence-corrected chi connectivity index (χ2v) is 13.5. The molecule has 198 valence electrons. The number of benzene rings is 3. The topological polar surface area (TPSA) is 66.4 Å². The lowest BCUT2D eigenvalue weighted by atomic mass is 10.2. The summed E-state index contributed by atoms with van der Waals surface area (Å²) in [5, 5.41) is 1.20. The summed E-state index contributed by atoms with van der Waals surface area (Å²) in [7, 11) is 0. The van der Waals surface area contributed by atoms with Gasteiger partial charge in [0.1, 0.15) is 10.7 Å². The molecule has 0 N–H and O–H groups in total. The number of thioether (sulfide) groups is 2. The van der Waals surface area contributed by atoms with Crippen molar-refractivity contribution in [1.82, 2.24) is 9.97 Å². The number of hydrogen-bond acceptors (Lipinski definition) is 8. The average Bonchev–Trinajstić information content (AvgIpc) is 3.75. The quantitative estimate of drug-likeness (QED) is 0.207. The second kappa shape index (κ2) is 10.9. The molecule has 0 radical (unpaired) electrons. The van der Waals surface area contributed by atoms with E-state index in [9.17, 15) is 9.59 Å². The molecular formula is C30H22N4O2S4. The molecule has 2 unspecified atom stereocenters. The van der Waals surface area contributed by atoms with E-state index in [1.807, 2.05) is 72.8 Å². The largest absolute Gasteiger partial charge is 0.273 e. The van der Waals surface area contributed by atoms with Crippen LogP contribution in [0, 0.1) is 0 Å². The molecule has 10 heteroatoms. The number of thiazole rings is 2. The molecule has 0 aliphatic carbocycles. The fourth-order valence-corrected chi connectivity index (χ4v) is 8.86. The van der Waals surface area contributed by atoms with Gasteiger partial charge in [-0.15, -0.1) is 23.5 Å². The van der Waals surface area contributed by atoms with E-state index in [2.05, 4.69) is 24.3 Å². The number of nitrogens with zero attached hydrogens (tertiary/aromatic N) is 4. The van der Waals surface area contributed by atoms with E-state index >= 15 is 0 Å². The van der Waals surface area contributed by atoms with Gasteiger partial charge < -0.3 is 0 Å². The third-order valence-electron chi connectivity index (χ3n) is 6.59. The van der Waals surface area contributed by atoms with Crippen LogP contribution in [0.2, 0.25) is 0 Å². The van der Waals surface area contributed by atoms with E-state index in [1.54, 1.807) is 33.3 Å². The predicted molar refractivity (Wildman–Crippen MR) is 171 cm³/mol. The summed E-state index contributed by atoms with van der Waals surface area (Å²) in [5.74, 6) is 0.991. The highest BCUT2D eigenvalue weighted by atomic mass is 32.2. The number of aromatic nitrogens is 2. The van der Waals surface area contributed by atoms with Crippen LogP contribution in [0.3, 0.4) is 0 Å². The smallest absolute Gasteiger partial charge is 0.240 e. The molecular weight excluding hydrogens is 577 g/mol. The fourth-order valence-electron chi connectivity index (χ4n) is 4.65. The number of rotatable bonds is 6. The van der Waals surface area contributed by atoms with Gasteiger partial charge in [0.25, 0.3) is 0 Å². The lowest BCUT2D eigenvalue weighted by Gasteiger charge is -2.18. The molecule has 2 aromatic heterocycles. The Morgan fingerprint density at radius 1 is 0.650 bits per heavy atom.